The maximum atomic E-state index is 5.14. The van der Waals surface area contributed by atoms with Crippen LogP contribution in [0.1, 0.15) is 5.56 Å². The second-order valence-electron chi connectivity index (χ2n) is 2.69. The van der Waals surface area contributed by atoms with Crippen LogP contribution >= 0.6 is 11.8 Å². The van der Waals surface area contributed by atoms with Gasteiger partial charge < -0.3 is 10.1 Å². The van der Waals surface area contributed by atoms with Gasteiger partial charge in [0, 0.05) is 17.3 Å². The summed E-state index contributed by atoms with van der Waals surface area (Å²) in [5.41, 5.74) is 1.34. The molecule has 1 aromatic carbocycles. The zero-order chi connectivity index (χ0) is 8.39. The number of fused-ring (bicyclic) bond motifs is 1. The smallest absolute Gasteiger partial charge is 0.119 e. The van der Waals surface area contributed by atoms with Gasteiger partial charge in [0.1, 0.15) is 5.75 Å². The molecule has 0 fully saturated rings. The normalized spacial score (nSPS) is 15.4. The maximum absolute atomic E-state index is 5.14. The van der Waals surface area contributed by atoms with E-state index < -0.39 is 0 Å². The van der Waals surface area contributed by atoms with E-state index in [1.54, 1.807) is 7.11 Å². The monoisotopic (exact) mass is 181 g/mol. The summed E-state index contributed by atoms with van der Waals surface area (Å²) in [4.78, 5) is 1.37. The number of rotatable bonds is 1. The van der Waals surface area contributed by atoms with Crippen LogP contribution in [-0.2, 0) is 6.54 Å². The first-order valence-corrected chi connectivity index (χ1v) is 4.89. The number of ether oxygens (including phenoxy) is 1. The number of thioether (sulfide) groups is 1. The van der Waals surface area contributed by atoms with E-state index in [0.717, 1.165) is 18.2 Å². The fourth-order valence-corrected chi connectivity index (χ4v) is 2.12. The molecular weight excluding hydrogens is 170 g/mol. The molecule has 0 spiro atoms. The second kappa shape index (κ2) is 3.37. The molecule has 0 aromatic heterocycles. The van der Waals surface area contributed by atoms with Crippen LogP contribution in [0.4, 0.5) is 0 Å². The highest BCUT2D eigenvalue weighted by Gasteiger charge is 2.08. The Balaban J connectivity index is 2.36. The highest BCUT2D eigenvalue weighted by molar-refractivity contribution is 7.99. The molecule has 0 atom stereocenters. The van der Waals surface area contributed by atoms with Crippen LogP contribution in [0.3, 0.4) is 0 Å². The van der Waals surface area contributed by atoms with Crippen molar-refractivity contribution in [2.45, 2.75) is 11.4 Å². The summed E-state index contributed by atoms with van der Waals surface area (Å²) in [5.74, 6) is 1.96. The summed E-state index contributed by atoms with van der Waals surface area (Å²) < 4.78 is 5.14. The number of nitrogens with one attached hydrogen (secondary N) is 1. The van der Waals surface area contributed by atoms with Crippen molar-refractivity contribution < 1.29 is 4.74 Å². The Labute approximate surface area is 76.3 Å². The molecule has 2 rings (SSSR count). The molecule has 1 aliphatic heterocycles. The first-order chi connectivity index (χ1) is 5.90. The van der Waals surface area contributed by atoms with Crippen LogP contribution in [0.5, 0.6) is 5.75 Å². The predicted molar refractivity (Wildman–Crippen MR) is 50.6 cm³/mol. The molecule has 64 valence electrons. The van der Waals surface area contributed by atoms with E-state index in [1.807, 2.05) is 17.8 Å². The van der Waals surface area contributed by atoms with Gasteiger partial charge in [0.05, 0.1) is 7.11 Å². The summed E-state index contributed by atoms with van der Waals surface area (Å²) in [7, 11) is 1.70. The van der Waals surface area contributed by atoms with Gasteiger partial charge in [-0.2, -0.15) is 0 Å². The first kappa shape index (κ1) is 7.95. The number of hydrogen-bond donors (Lipinski definition) is 1. The Morgan fingerprint density at radius 1 is 1.50 bits per heavy atom. The average molecular weight is 181 g/mol. The third-order valence-corrected chi connectivity index (χ3v) is 2.97. The average Bonchev–Trinajstić information content (AvgIpc) is 2.17. The van der Waals surface area contributed by atoms with Gasteiger partial charge in [0.15, 0.2) is 0 Å². The van der Waals surface area contributed by atoms with E-state index >= 15 is 0 Å². The van der Waals surface area contributed by atoms with E-state index in [1.165, 1.54) is 10.5 Å². The summed E-state index contributed by atoms with van der Waals surface area (Å²) in [5, 5.41) is 3.30. The fourth-order valence-electron chi connectivity index (χ4n) is 1.28. The first-order valence-electron chi connectivity index (χ1n) is 3.90. The van der Waals surface area contributed by atoms with Crippen molar-refractivity contribution in [3.05, 3.63) is 23.8 Å². The van der Waals surface area contributed by atoms with Gasteiger partial charge in [-0.25, -0.2) is 0 Å². The van der Waals surface area contributed by atoms with E-state index in [9.17, 15) is 0 Å². The van der Waals surface area contributed by atoms with Gasteiger partial charge in [0.2, 0.25) is 0 Å². The van der Waals surface area contributed by atoms with Crippen LogP contribution in [-0.4, -0.2) is 13.0 Å². The predicted octanol–water partition coefficient (Wildman–Crippen LogP) is 1.85. The summed E-state index contributed by atoms with van der Waals surface area (Å²) >= 11 is 1.84. The van der Waals surface area contributed by atoms with Crippen LogP contribution < -0.4 is 10.1 Å². The van der Waals surface area contributed by atoms with Gasteiger partial charge in [-0.1, -0.05) is 0 Å². The number of hydrogen-bond acceptors (Lipinski definition) is 3. The van der Waals surface area contributed by atoms with Gasteiger partial charge in [0.25, 0.3) is 0 Å². The highest BCUT2D eigenvalue weighted by atomic mass is 32.2. The number of benzene rings is 1. The summed E-state index contributed by atoms with van der Waals surface area (Å²) in [6, 6.07) is 6.23. The van der Waals surface area contributed by atoms with Crippen molar-refractivity contribution in [3.63, 3.8) is 0 Å². The lowest BCUT2D eigenvalue weighted by atomic mass is 10.2. The van der Waals surface area contributed by atoms with Crippen molar-refractivity contribution in [3.8, 4) is 5.75 Å². The van der Waals surface area contributed by atoms with E-state index in [2.05, 4.69) is 17.4 Å². The van der Waals surface area contributed by atoms with Gasteiger partial charge in [-0.05, 0) is 23.8 Å². The molecule has 0 saturated carbocycles. The molecule has 12 heavy (non-hydrogen) atoms. The lowest BCUT2D eigenvalue weighted by Crippen LogP contribution is -2.17. The number of methoxy groups -OCH3 is 1. The highest BCUT2D eigenvalue weighted by Crippen LogP contribution is 2.28. The molecule has 0 saturated heterocycles. The lowest BCUT2D eigenvalue weighted by molar-refractivity contribution is 0.413. The summed E-state index contributed by atoms with van der Waals surface area (Å²) in [6.45, 7) is 0.958. The minimum absolute atomic E-state index is 0.943. The zero-order valence-corrected chi connectivity index (χ0v) is 7.78. The molecule has 2 nitrogen and oxygen atoms in total. The zero-order valence-electron chi connectivity index (χ0n) is 6.96. The van der Waals surface area contributed by atoms with Crippen molar-refractivity contribution in [2.24, 2.45) is 0 Å². The van der Waals surface area contributed by atoms with E-state index in [0.29, 0.717) is 0 Å². The van der Waals surface area contributed by atoms with Crippen molar-refractivity contribution in [1.29, 1.82) is 0 Å². The molecule has 1 N–H and O–H groups in total. The van der Waals surface area contributed by atoms with Crippen molar-refractivity contribution in [1.82, 2.24) is 5.32 Å². The molecule has 1 aliphatic rings. The molecule has 0 unspecified atom stereocenters. The van der Waals surface area contributed by atoms with Crippen molar-refractivity contribution in [2.75, 3.05) is 13.0 Å². The Bertz CT molecular complexity index is 288. The SMILES string of the molecule is COc1ccc2c(c1)CNCS2. The Kier molecular flexibility index (Phi) is 2.23. The molecular formula is C9H11NOS. The Morgan fingerprint density at radius 3 is 3.25 bits per heavy atom. The summed E-state index contributed by atoms with van der Waals surface area (Å²) in [6.07, 6.45) is 0. The molecule has 0 bridgehead atoms. The largest absolute Gasteiger partial charge is 0.497 e. The van der Waals surface area contributed by atoms with Crippen LogP contribution in [0, 0.1) is 0 Å². The van der Waals surface area contributed by atoms with E-state index in [4.69, 9.17) is 4.74 Å². The van der Waals surface area contributed by atoms with Gasteiger partial charge in [-0.15, -0.1) is 11.8 Å². The standard InChI is InChI=1S/C9H11NOS/c1-11-8-2-3-9-7(4-8)5-10-6-12-9/h2-4,10H,5-6H2,1H3. The quantitative estimate of drug-likeness (QED) is 0.714. The lowest BCUT2D eigenvalue weighted by Gasteiger charge is -2.16. The van der Waals surface area contributed by atoms with Crippen LogP contribution in [0.25, 0.3) is 0 Å². The third-order valence-electron chi connectivity index (χ3n) is 1.91. The minimum Gasteiger partial charge on any atom is -0.497 e. The molecule has 3 heteroatoms. The minimum atomic E-state index is 0.943. The van der Waals surface area contributed by atoms with Crippen molar-refractivity contribution >= 4 is 11.8 Å². The fraction of sp³-hybridized carbons (Fsp3) is 0.333. The third kappa shape index (κ3) is 1.42. The van der Waals surface area contributed by atoms with E-state index in [-0.39, 0.29) is 0 Å². The second-order valence-corrected chi connectivity index (χ2v) is 3.71. The molecule has 1 aromatic rings. The molecule has 0 amide bonds. The maximum Gasteiger partial charge on any atom is 0.119 e. The Hall–Kier alpha value is -0.670. The van der Waals surface area contributed by atoms with Crippen LogP contribution in [0.2, 0.25) is 0 Å². The molecule has 0 radical (unpaired) electrons. The molecule has 1 heterocycles. The van der Waals surface area contributed by atoms with Gasteiger partial charge in [-0.3, -0.25) is 0 Å². The van der Waals surface area contributed by atoms with Crippen LogP contribution in [0.15, 0.2) is 23.1 Å². The van der Waals surface area contributed by atoms with Gasteiger partial charge >= 0.3 is 0 Å². The topological polar surface area (TPSA) is 21.3 Å². The molecule has 0 aliphatic carbocycles. The Morgan fingerprint density at radius 2 is 2.42 bits per heavy atom.